The highest BCUT2D eigenvalue weighted by atomic mass is 19.2. The summed E-state index contributed by atoms with van der Waals surface area (Å²) in [6, 6.07) is 4.13. The molecule has 2 rings (SSSR count). The quantitative estimate of drug-likeness (QED) is 0.390. The largest absolute Gasteiger partial charge is 0.204 e. The van der Waals surface area contributed by atoms with E-state index in [-0.39, 0.29) is 0 Å². The van der Waals surface area contributed by atoms with Crippen LogP contribution in [0.1, 0.15) is 76.7 Å². The molecule has 1 aliphatic carbocycles. The van der Waals surface area contributed by atoms with Gasteiger partial charge in [0.15, 0.2) is 11.6 Å². The second-order valence-electron chi connectivity index (χ2n) is 6.91. The molecule has 0 amide bonds. The highest BCUT2D eigenvalue weighted by Crippen LogP contribution is 2.28. The zero-order valence-electron chi connectivity index (χ0n) is 14.9. The smallest absolute Gasteiger partial charge is 0.159 e. The minimum absolute atomic E-state index is 0.596. The van der Waals surface area contributed by atoms with Crippen molar-refractivity contribution in [2.45, 2.75) is 71.1 Å². The van der Waals surface area contributed by atoms with Crippen LogP contribution in [-0.4, -0.2) is 0 Å². The first-order chi connectivity index (χ1) is 11.7. The lowest BCUT2D eigenvalue weighted by Gasteiger charge is -2.16. The molecule has 2 heteroatoms. The zero-order valence-corrected chi connectivity index (χ0v) is 14.9. The Bertz CT molecular complexity index is 557. The van der Waals surface area contributed by atoms with E-state index in [0.29, 0.717) is 5.92 Å². The summed E-state index contributed by atoms with van der Waals surface area (Å²) in [7, 11) is 0. The maximum atomic E-state index is 13.3. The summed E-state index contributed by atoms with van der Waals surface area (Å²) < 4.78 is 26.3. The second-order valence-corrected chi connectivity index (χ2v) is 6.91. The van der Waals surface area contributed by atoms with Crippen molar-refractivity contribution in [2.75, 3.05) is 0 Å². The molecule has 0 N–H and O–H groups in total. The van der Waals surface area contributed by atoms with Gasteiger partial charge in [-0.05, 0) is 42.0 Å². The van der Waals surface area contributed by atoms with Gasteiger partial charge in [-0.1, -0.05) is 82.6 Å². The van der Waals surface area contributed by atoms with Gasteiger partial charge in [0.05, 0.1) is 0 Å². The molecule has 0 saturated carbocycles. The molecule has 0 nitrogen and oxygen atoms in total. The van der Waals surface area contributed by atoms with Crippen molar-refractivity contribution in [3.63, 3.8) is 0 Å². The molecule has 1 aliphatic rings. The van der Waals surface area contributed by atoms with E-state index in [2.05, 4.69) is 25.2 Å². The van der Waals surface area contributed by atoms with E-state index in [9.17, 15) is 8.78 Å². The molecule has 0 aliphatic heterocycles. The molecule has 1 unspecified atom stereocenters. The first-order valence-electron chi connectivity index (χ1n) is 9.54. The van der Waals surface area contributed by atoms with Gasteiger partial charge >= 0.3 is 0 Å². The molecule has 132 valence electrons. The zero-order chi connectivity index (χ0) is 17.2. The van der Waals surface area contributed by atoms with Gasteiger partial charge in [-0.3, -0.25) is 0 Å². The third kappa shape index (κ3) is 6.22. The van der Waals surface area contributed by atoms with Gasteiger partial charge in [-0.15, -0.1) is 0 Å². The van der Waals surface area contributed by atoms with Crippen molar-refractivity contribution in [2.24, 2.45) is 5.92 Å². The molecule has 1 atom stereocenters. The second kappa shape index (κ2) is 10.4. The van der Waals surface area contributed by atoms with Crippen LogP contribution in [0.15, 0.2) is 36.4 Å². The van der Waals surface area contributed by atoms with E-state index in [1.54, 1.807) is 6.07 Å². The van der Waals surface area contributed by atoms with Crippen molar-refractivity contribution in [3.8, 4) is 0 Å². The Kier molecular flexibility index (Phi) is 8.21. The number of hydrogen-bond donors (Lipinski definition) is 0. The number of allylic oxidation sites excluding steroid dienone is 4. The average Bonchev–Trinajstić information content (AvgIpc) is 2.60. The van der Waals surface area contributed by atoms with E-state index >= 15 is 0 Å². The van der Waals surface area contributed by atoms with E-state index in [4.69, 9.17) is 0 Å². The van der Waals surface area contributed by atoms with Gasteiger partial charge < -0.3 is 0 Å². The molecule has 0 aromatic heterocycles. The molecule has 0 spiro atoms. The van der Waals surface area contributed by atoms with Crippen LogP contribution in [0, 0.1) is 17.6 Å². The maximum absolute atomic E-state index is 13.3. The minimum atomic E-state index is -0.785. The summed E-state index contributed by atoms with van der Waals surface area (Å²) in [5, 5.41) is 0. The van der Waals surface area contributed by atoms with Crippen LogP contribution in [0.3, 0.4) is 0 Å². The molecule has 0 bridgehead atoms. The summed E-state index contributed by atoms with van der Waals surface area (Å²) >= 11 is 0. The highest BCUT2D eigenvalue weighted by molar-refractivity contribution is 5.74. The van der Waals surface area contributed by atoms with Gasteiger partial charge in [0.2, 0.25) is 0 Å². The summed E-state index contributed by atoms with van der Waals surface area (Å²) in [6.07, 6.45) is 19.5. The summed E-state index contributed by atoms with van der Waals surface area (Å²) in [5.41, 5.74) is 1.76. The van der Waals surface area contributed by atoms with Crippen LogP contribution in [0.5, 0.6) is 0 Å². The van der Waals surface area contributed by atoms with Crippen molar-refractivity contribution >= 4 is 5.57 Å². The first kappa shape index (κ1) is 18.9. The van der Waals surface area contributed by atoms with Crippen molar-refractivity contribution in [1.29, 1.82) is 0 Å². The van der Waals surface area contributed by atoms with E-state index in [1.807, 2.05) is 0 Å². The predicted octanol–water partition coefficient (Wildman–Crippen LogP) is 7.46. The molecule has 0 saturated heterocycles. The normalized spacial score (nSPS) is 17.1. The van der Waals surface area contributed by atoms with Crippen LogP contribution < -0.4 is 0 Å². The predicted molar refractivity (Wildman–Crippen MR) is 98.8 cm³/mol. The Morgan fingerprint density at radius 3 is 2.25 bits per heavy atom. The SMILES string of the molecule is CCCCCCCCCCC1C=CC(c2ccc(F)c(F)c2)=CC1. The van der Waals surface area contributed by atoms with E-state index < -0.39 is 11.6 Å². The lowest BCUT2D eigenvalue weighted by molar-refractivity contribution is 0.508. The van der Waals surface area contributed by atoms with Gasteiger partial charge in [0.1, 0.15) is 0 Å². The van der Waals surface area contributed by atoms with Crippen molar-refractivity contribution in [1.82, 2.24) is 0 Å². The number of hydrogen-bond acceptors (Lipinski definition) is 0. The topological polar surface area (TPSA) is 0 Å². The Morgan fingerprint density at radius 1 is 0.917 bits per heavy atom. The van der Waals surface area contributed by atoms with Crippen LogP contribution in [-0.2, 0) is 0 Å². The van der Waals surface area contributed by atoms with Gasteiger partial charge in [0.25, 0.3) is 0 Å². The molecule has 1 aromatic rings. The Morgan fingerprint density at radius 2 is 1.62 bits per heavy atom. The lowest BCUT2D eigenvalue weighted by Crippen LogP contribution is -2.00. The average molecular weight is 332 g/mol. The summed E-state index contributed by atoms with van der Waals surface area (Å²) in [6.45, 7) is 2.25. The fraction of sp³-hybridized carbons (Fsp3) is 0.545. The van der Waals surface area contributed by atoms with Crippen LogP contribution in [0.2, 0.25) is 0 Å². The van der Waals surface area contributed by atoms with Crippen LogP contribution in [0.25, 0.3) is 5.57 Å². The Balaban J connectivity index is 1.64. The van der Waals surface area contributed by atoms with Crippen molar-refractivity contribution < 1.29 is 8.78 Å². The third-order valence-corrected chi connectivity index (χ3v) is 4.87. The molecular weight excluding hydrogens is 302 g/mol. The maximum Gasteiger partial charge on any atom is 0.159 e. The monoisotopic (exact) mass is 332 g/mol. The standard InChI is InChI=1S/C22H30F2/c1-2-3-4-5-6-7-8-9-10-18-11-13-19(14-12-18)20-15-16-21(23)22(24)17-20/h11,13-18H,2-10,12H2,1H3. The molecule has 24 heavy (non-hydrogen) atoms. The fourth-order valence-corrected chi connectivity index (χ4v) is 3.31. The fourth-order valence-electron chi connectivity index (χ4n) is 3.31. The van der Waals surface area contributed by atoms with Crippen LogP contribution in [0.4, 0.5) is 8.78 Å². The van der Waals surface area contributed by atoms with Gasteiger partial charge in [-0.2, -0.15) is 0 Å². The van der Waals surface area contributed by atoms with Crippen LogP contribution >= 0.6 is 0 Å². The molecular formula is C22H30F2. The molecule has 0 fully saturated rings. The van der Waals surface area contributed by atoms with Gasteiger partial charge in [0, 0.05) is 0 Å². The Hall–Kier alpha value is -1.44. The number of unbranched alkanes of at least 4 members (excludes halogenated alkanes) is 7. The number of benzene rings is 1. The molecule has 1 aromatic carbocycles. The number of halogens is 2. The lowest BCUT2D eigenvalue weighted by atomic mass is 9.89. The highest BCUT2D eigenvalue weighted by Gasteiger charge is 2.11. The third-order valence-electron chi connectivity index (χ3n) is 4.87. The molecule has 0 radical (unpaired) electrons. The van der Waals surface area contributed by atoms with E-state index in [1.165, 1.54) is 69.9 Å². The van der Waals surface area contributed by atoms with Gasteiger partial charge in [-0.25, -0.2) is 8.78 Å². The first-order valence-corrected chi connectivity index (χ1v) is 9.54. The minimum Gasteiger partial charge on any atom is -0.204 e. The Labute approximate surface area is 145 Å². The molecule has 0 heterocycles. The summed E-state index contributed by atoms with van der Waals surface area (Å²) in [4.78, 5) is 0. The van der Waals surface area contributed by atoms with E-state index in [0.717, 1.165) is 17.6 Å². The van der Waals surface area contributed by atoms with Crippen molar-refractivity contribution in [3.05, 3.63) is 53.6 Å². The number of rotatable bonds is 10. The summed E-state index contributed by atoms with van der Waals surface area (Å²) in [5.74, 6) is -0.964.